The summed E-state index contributed by atoms with van der Waals surface area (Å²) >= 11 is 0. The highest BCUT2D eigenvalue weighted by molar-refractivity contribution is 5.77. The van der Waals surface area contributed by atoms with Crippen molar-refractivity contribution in [2.75, 3.05) is 26.2 Å². The Hall–Kier alpha value is -1.50. The van der Waals surface area contributed by atoms with Gasteiger partial charge in [0.25, 0.3) is 0 Å². The van der Waals surface area contributed by atoms with Gasteiger partial charge < -0.3 is 20.5 Å². The Bertz CT molecular complexity index is 429. The van der Waals surface area contributed by atoms with Crippen molar-refractivity contribution in [3.63, 3.8) is 0 Å². The van der Waals surface area contributed by atoms with Crippen molar-refractivity contribution in [2.45, 2.75) is 26.1 Å². The summed E-state index contributed by atoms with van der Waals surface area (Å²) in [6.07, 6.45) is 0.147. The number of hydrogen-bond donors (Lipinski definition) is 3. The molecule has 5 nitrogen and oxygen atoms in total. The topological polar surface area (TPSA) is 70.6 Å². The monoisotopic (exact) mass is 298 g/mol. The number of aliphatic hydroxyl groups excluding tert-OH is 1. The normalized spacial score (nSPS) is 12.1. The Morgan fingerprint density at radius 1 is 1.43 bits per heavy atom. The van der Waals surface area contributed by atoms with Gasteiger partial charge in [0.15, 0.2) is 0 Å². The summed E-state index contributed by atoms with van der Waals surface area (Å²) in [4.78, 5) is 11.3. The van der Waals surface area contributed by atoms with Gasteiger partial charge in [-0.2, -0.15) is 0 Å². The van der Waals surface area contributed by atoms with Crippen molar-refractivity contribution >= 4 is 5.91 Å². The van der Waals surface area contributed by atoms with E-state index >= 15 is 0 Å². The number of amides is 1. The SMILES string of the molecule is CCCNC(=O)CNCC(O)COCc1ccccc1F. The highest BCUT2D eigenvalue weighted by Crippen LogP contribution is 2.07. The summed E-state index contributed by atoms with van der Waals surface area (Å²) in [6, 6.07) is 6.35. The molecule has 0 radical (unpaired) electrons. The zero-order valence-electron chi connectivity index (χ0n) is 12.3. The molecule has 0 bridgehead atoms. The molecule has 21 heavy (non-hydrogen) atoms. The Morgan fingerprint density at radius 3 is 2.90 bits per heavy atom. The molecular formula is C15H23FN2O3. The minimum atomic E-state index is -0.740. The Labute approximate surface area is 124 Å². The third-order valence-electron chi connectivity index (χ3n) is 2.76. The maximum atomic E-state index is 13.3. The average molecular weight is 298 g/mol. The van der Waals surface area contributed by atoms with Crippen LogP contribution in [-0.4, -0.2) is 43.4 Å². The van der Waals surface area contributed by atoms with E-state index in [0.717, 1.165) is 6.42 Å². The number of carbonyl (C=O) groups is 1. The lowest BCUT2D eigenvalue weighted by Crippen LogP contribution is -2.38. The van der Waals surface area contributed by atoms with Crippen LogP contribution >= 0.6 is 0 Å². The number of aliphatic hydroxyl groups is 1. The van der Waals surface area contributed by atoms with Crippen LogP contribution in [0.4, 0.5) is 4.39 Å². The van der Waals surface area contributed by atoms with Gasteiger partial charge in [-0.15, -0.1) is 0 Å². The second-order valence-corrected chi connectivity index (χ2v) is 4.74. The molecule has 0 aliphatic heterocycles. The van der Waals surface area contributed by atoms with E-state index in [-0.39, 0.29) is 38.0 Å². The van der Waals surface area contributed by atoms with Crippen molar-refractivity contribution in [2.24, 2.45) is 0 Å². The molecular weight excluding hydrogens is 275 g/mol. The number of rotatable bonds is 10. The van der Waals surface area contributed by atoms with E-state index in [1.54, 1.807) is 18.2 Å². The number of nitrogens with one attached hydrogen (secondary N) is 2. The standard InChI is InChI=1S/C15H23FN2O3/c1-2-7-18-15(20)9-17-8-13(19)11-21-10-12-5-3-4-6-14(12)16/h3-6,13,17,19H,2,7-11H2,1H3,(H,18,20). The molecule has 6 heteroatoms. The number of hydrogen-bond acceptors (Lipinski definition) is 4. The molecule has 1 aromatic carbocycles. The number of carbonyl (C=O) groups excluding carboxylic acids is 1. The van der Waals surface area contributed by atoms with Crippen LogP contribution in [0.15, 0.2) is 24.3 Å². The first-order valence-corrected chi connectivity index (χ1v) is 7.10. The first-order valence-electron chi connectivity index (χ1n) is 7.10. The Balaban J connectivity index is 2.10. The predicted molar refractivity (Wildman–Crippen MR) is 78.2 cm³/mol. The fourth-order valence-corrected chi connectivity index (χ4v) is 1.66. The van der Waals surface area contributed by atoms with E-state index in [9.17, 15) is 14.3 Å². The van der Waals surface area contributed by atoms with Gasteiger partial charge in [-0.25, -0.2) is 4.39 Å². The molecule has 0 saturated heterocycles. The lowest BCUT2D eigenvalue weighted by Gasteiger charge is -2.12. The minimum absolute atomic E-state index is 0.0813. The fraction of sp³-hybridized carbons (Fsp3) is 0.533. The summed E-state index contributed by atoms with van der Waals surface area (Å²) in [5, 5.41) is 15.2. The van der Waals surface area contributed by atoms with Gasteiger partial charge in [0.1, 0.15) is 5.82 Å². The van der Waals surface area contributed by atoms with Crippen LogP contribution in [0, 0.1) is 5.82 Å². The van der Waals surface area contributed by atoms with Gasteiger partial charge in [-0.05, 0) is 12.5 Å². The zero-order chi connectivity index (χ0) is 15.5. The molecule has 0 fully saturated rings. The summed E-state index contributed by atoms with van der Waals surface area (Å²) in [5.74, 6) is -0.422. The van der Waals surface area contributed by atoms with Gasteiger partial charge >= 0.3 is 0 Å². The van der Waals surface area contributed by atoms with Crippen molar-refractivity contribution in [3.8, 4) is 0 Å². The summed E-state index contributed by atoms with van der Waals surface area (Å²) in [6.45, 7) is 3.22. The quantitative estimate of drug-likeness (QED) is 0.598. The predicted octanol–water partition coefficient (Wildman–Crippen LogP) is 0.819. The number of halogens is 1. The van der Waals surface area contributed by atoms with Crippen molar-refractivity contribution in [1.29, 1.82) is 0 Å². The number of ether oxygens (including phenoxy) is 1. The van der Waals surface area contributed by atoms with Gasteiger partial charge in [0.05, 0.1) is 25.9 Å². The van der Waals surface area contributed by atoms with Crippen molar-refractivity contribution in [3.05, 3.63) is 35.6 Å². The van der Waals surface area contributed by atoms with E-state index in [2.05, 4.69) is 10.6 Å². The zero-order valence-corrected chi connectivity index (χ0v) is 12.3. The molecule has 0 aromatic heterocycles. The Kier molecular flexibility index (Phi) is 8.57. The van der Waals surface area contributed by atoms with E-state index in [1.807, 2.05) is 6.92 Å². The lowest BCUT2D eigenvalue weighted by molar-refractivity contribution is -0.120. The molecule has 0 saturated carbocycles. The van der Waals surface area contributed by atoms with E-state index in [1.165, 1.54) is 6.07 Å². The minimum Gasteiger partial charge on any atom is -0.389 e. The first-order chi connectivity index (χ1) is 10.1. The molecule has 1 atom stereocenters. The second kappa shape index (κ2) is 10.3. The van der Waals surface area contributed by atoms with Crippen LogP contribution in [0.1, 0.15) is 18.9 Å². The average Bonchev–Trinajstić information content (AvgIpc) is 2.47. The van der Waals surface area contributed by atoms with Crippen LogP contribution in [-0.2, 0) is 16.1 Å². The van der Waals surface area contributed by atoms with E-state index in [0.29, 0.717) is 12.1 Å². The molecule has 1 rings (SSSR count). The van der Waals surface area contributed by atoms with E-state index < -0.39 is 6.10 Å². The summed E-state index contributed by atoms with van der Waals surface area (Å²) < 4.78 is 18.6. The maximum absolute atomic E-state index is 13.3. The molecule has 1 unspecified atom stereocenters. The van der Waals surface area contributed by atoms with Crippen LogP contribution < -0.4 is 10.6 Å². The molecule has 0 spiro atoms. The maximum Gasteiger partial charge on any atom is 0.233 e. The van der Waals surface area contributed by atoms with Crippen LogP contribution in [0.2, 0.25) is 0 Å². The lowest BCUT2D eigenvalue weighted by atomic mass is 10.2. The third-order valence-corrected chi connectivity index (χ3v) is 2.76. The smallest absolute Gasteiger partial charge is 0.233 e. The molecule has 0 aliphatic rings. The second-order valence-electron chi connectivity index (χ2n) is 4.74. The largest absolute Gasteiger partial charge is 0.389 e. The van der Waals surface area contributed by atoms with Crippen LogP contribution in [0.5, 0.6) is 0 Å². The van der Waals surface area contributed by atoms with E-state index in [4.69, 9.17) is 4.74 Å². The van der Waals surface area contributed by atoms with Gasteiger partial charge in [0, 0.05) is 18.7 Å². The molecule has 0 aliphatic carbocycles. The molecule has 3 N–H and O–H groups in total. The highest BCUT2D eigenvalue weighted by atomic mass is 19.1. The number of benzene rings is 1. The van der Waals surface area contributed by atoms with Gasteiger partial charge in [-0.1, -0.05) is 25.1 Å². The van der Waals surface area contributed by atoms with Crippen molar-refractivity contribution in [1.82, 2.24) is 10.6 Å². The summed E-state index contributed by atoms with van der Waals surface area (Å²) in [5.41, 5.74) is 0.455. The highest BCUT2D eigenvalue weighted by Gasteiger charge is 2.07. The molecule has 118 valence electrons. The van der Waals surface area contributed by atoms with Crippen LogP contribution in [0.25, 0.3) is 0 Å². The molecule has 1 aromatic rings. The Morgan fingerprint density at radius 2 is 2.19 bits per heavy atom. The summed E-state index contributed by atoms with van der Waals surface area (Å²) in [7, 11) is 0. The molecule has 1 amide bonds. The third kappa shape index (κ3) is 7.75. The van der Waals surface area contributed by atoms with Gasteiger partial charge in [-0.3, -0.25) is 4.79 Å². The molecule has 0 heterocycles. The van der Waals surface area contributed by atoms with Crippen LogP contribution in [0.3, 0.4) is 0 Å². The first kappa shape index (κ1) is 17.6. The van der Waals surface area contributed by atoms with Gasteiger partial charge in [0.2, 0.25) is 5.91 Å². The van der Waals surface area contributed by atoms with Crippen molar-refractivity contribution < 1.29 is 19.0 Å². The fourth-order valence-electron chi connectivity index (χ4n) is 1.66.